The molecule has 0 aromatic heterocycles. The summed E-state index contributed by atoms with van der Waals surface area (Å²) >= 11 is 3.32. The van der Waals surface area contributed by atoms with Gasteiger partial charge in [-0.3, -0.25) is 4.79 Å². The molecule has 1 aliphatic rings. The predicted molar refractivity (Wildman–Crippen MR) is 73.5 cm³/mol. The van der Waals surface area contributed by atoms with Crippen LogP contribution in [0.5, 0.6) is 0 Å². The maximum Gasteiger partial charge on any atom is 0.428 e. The summed E-state index contributed by atoms with van der Waals surface area (Å²) in [5, 5.41) is 2.81. The summed E-state index contributed by atoms with van der Waals surface area (Å²) in [4.78, 5) is 24.1. The third-order valence-corrected chi connectivity index (χ3v) is 3.36. The Morgan fingerprint density at radius 1 is 1.21 bits per heavy atom. The SMILES string of the molecule is CCOC(=O)N1CCCN1C(=O)c1ccc(Br)cc1. The second-order valence-electron chi connectivity index (χ2n) is 4.11. The van der Waals surface area contributed by atoms with Crippen LogP contribution in [0.1, 0.15) is 23.7 Å². The Hall–Kier alpha value is -1.56. The molecular weight excluding hydrogens is 312 g/mol. The number of benzene rings is 1. The van der Waals surface area contributed by atoms with E-state index in [1.54, 1.807) is 31.2 Å². The number of rotatable bonds is 2. The molecule has 1 saturated heterocycles. The highest BCUT2D eigenvalue weighted by molar-refractivity contribution is 9.10. The Morgan fingerprint density at radius 3 is 2.47 bits per heavy atom. The second kappa shape index (κ2) is 6.06. The second-order valence-corrected chi connectivity index (χ2v) is 5.03. The molecular formula is C13H15BrN2O3. The van der Waals surface area contributed by atoms with Crippen LogP contribution in [0.25, 0.3) is 0 Å². The van der Waals surface area contributed by atoms with Crippen molar-refractivity contribution in [2.75, 3.05) is 19.7 Å². The van der Waals surface area contributed by atoms with Crippen LogP contribution in [-0.2, 0) is 4.74 Å². The van der Waals surface area contributed by atoms with Crippen LogP contribution in [0.2, 0.25) is 0 Å². The molecule has 0 unspecified atom stereocenters. The van der Waals surface area contributed by atoms with Crippen molar-refractivity contribution >= 4 is 27.9 Å². The Morgan fingerprint density at radius 2 is 1.84 bits per heavy atom. The average Bonchev–Trinajstić information content (AvgIpc) is 2.88. The van der Waals surface area contributed by atoms with Crippen molar-refractivity contribution < 1.29 is 14.3 Å². The zero-order valence-electron chi connectivity index (χ0n) is 10.6. The number of nitrogens with zero attached hydrogens (tertiary/aromatic N) is 2. The fourth-order valence-corrected chi connectivity index (χ4v) is 2.22. The molecule has 0 radical (unpaired) electrons. The molecule has 102 valence electrons. The first-order chi connectivity index (χ1) is 9.13. The number of carbonyl (C=O) groups excluding carboxylic acids is 2. The van der Waals surface area contributed by atoms with Gasteiger partial charge in [0.15, 0.2) is 0 Å². The summed E-state index contributed by atoms with van der Waals surface area (Å²) in [6.45, 7) is 3.10. The summed E-state index contributed by atoms with van der Waals surface area (Å²) in [6.07, 6.45) is 0.298. The van der Waals surface area contributed by atoms with Gasteiger partial charge in [-0.1, -0.05) is 15.9 Å². The van der Waals surface area contributed by atoms with E-state index >= 15 is 0 Å². The van der Waals surface area contributed by atoms with Gasteiger partial charge in [0.1, 0.15) is 0 Å². The molecule has 19 heavy (non-hydrogen) atoms. The molecule has 1 fully saturated rings. The zero-order chi connectivity index (χ0) is 13.8. The molecule has 0 N–H and O–H groups in total. The van der Waals surface area contributed by atoms with Gasteiger partial charge < -0.3 is 4.74 Å². The molecule has 0 aliphatic carbocycles. The van der Waals surface area contributed by atoms with E-state index < -0.39 is 6.09 Å². The zero-order valence-corrected chi connectivity index (χ0v) is 12.2. The van der Waals surface area contributed by atoms with Gasteiger partial charge in [0.2, 0.25) is 0 Å². The first kappa shape index (κ1) is 13.9. The molecule has 1 heterocycles. The van der Waals surface area contributed by atoms with Crippen LogP contribution in [0.3, 0.4) is 0 Å². The average molecular weight is 327 g/mol. The first-order valence-electron chi connectivity index (χ1n) is 6.15. The van der Waals surface area contributed by atoms with Gasteiger partial charge >= 0.3 is 6.09 Å². The molecule has 0 saturated carbocycles. The summed E-state index contributed by atoms with van der Waals surface area (Å²) < 4.78 is 5.86. The smallest absolute Gasteiger partial charge is 0.428 e. The van der Waals surface area contributed by atoms with Crippen LogP contribution in [0, 0.1) is 0 Å². The van der Waals surface area contributed by atoms with Gasteiger partial charge in [-0.15, -0.1) is 0 Å². The van der Waals surface area contributed by atoms with E-state index in [2.05, 4.69) is 15.9 Å². The highest BCUT2D eigenvalue weighted by atomic mass is 79.9. The lowest BCUT2D eigenvalue weighted by molar-refractivity contribution is 0.0146. The lowest BCUT2D eigenvalue weighted by Crippen LogP contribution is -2.45. The van der Waals surface area contributed by atoms with Crippen molar-refractivity contribution in [2.45, 2.75) is 13.3 Å². The molecule has 1 aromatic rings. The van der Waals surface area contributed by atoms with Crippen LogP contribution in [-0.4, -0.2) is 41.7 Å². The van der Waals surface area contributed by atoms with Crippen molar-refractivity contribution in [1.82, 2.24) is 10.0 Å². The Kier molecular flexibility index (Phi) is 4.42. The Balaban J connectivity index is 2.13. The van der Waals surface area contributed by atoms with Crippen LogP contribution >= 0.6 is 15.9 Å². The summed E-state index contributed by atoms with van der Waals surface area (Å²) in [7, 11) is 0. The monoisotopic (exact) mass is 326 g/mol. The quantitative estimate of drug-likeness (QED) is 0.839. The molecule has 6 heteroatoms. The van der Waals surface area contributed by atoms with Gasteiger partial charge in [0.05, 0.1) is 6.61 Å². The molecule has 5 nitrogen and oxygen atoms in total. The van der Waals surface area contributed by atoms with E-state index in [1.165, 1.54) is 10.0 Å². The van der Waals surface area contributed by atoms with Crippen molar-refractivity contribution in [2.24, 2.45) is 0 Å². The number of halogens is 1. The molecule has 1 aromatic carbocycles. The number of ether oxygens (including phenoxy) is 1. The number of hydrogen-bond donors (Lipinski definition) is 0. The fraction of sp³-hybridized carbons (Fsp3) is 0.385. The lowest BCUT2D eigenvalue weighted by Gasteiger charge is -2.26. The predicted octanol–water partition coefficient (Wildman–Crippen LogP) is 2.67. The number of hydrogen-bond acceptors (Lipinski definition) is 3. The minimum Gasteiger partial charge on any atom is -0.448 e. The molecule has 1 aliphatic heterocycles. The van der Waals surface area contributed by atoms with Crippen molar-refractivity contribution in [3.05, 3.63) is 34.3 Å². The van der Waals surface area contributed by atoms with E-state index in [4.69, 9.17) is 4.74 Å². The summed E-state index contributed by atoms with van der Waals surface area (Å²) in [5.74, 6) is -0.182. The van der Waals surface area contributed by atoms with E-state index in [0.29, 0.717) is 25.3 Å². The van der Waals surface area contributed by atoms with Crippen molar-refractivity contribution in [1.29, 1.82) is 0 Å². The molecule has 0 spiro atoms. The normalized spacial score (nSPS) is 14.6. The number of amides is 2. The highest BCUT2D eigenvalue weighted by Crippen LogP contribution is 2.18. The first-order valence-corrected chi connectivity index (χ1v) is 6.94. The third-order valence-electron chi connectivity index (χ3n) is 2.84. The van der Waals surface area contributed by atoms with Crippen molar-refractivity contribution in [3.8, 4) is 0 Å². The summed E-state index contributed by atoms with van der Waals surface area (Å²) in [6, 6.07) is 7.07. The van der Waals surface area contributed by atoms with Gasteiger partial charge in [-0.25, -0.2) is 14.8 Å². The standard InChI is InChI=1S/C13H15BrN2O3/c1-2-19-13(18)16-9-3-8-15(16)12(17)10-4-6-11(14)7-5-10/h4-7H,2-3,8-9H2,1H3. The van der Waals surface area contributed by atoms with E-state index in [1.807, 2.05) is 0 Å². The lowest BCUT2D eigenvalue weighted by atomic mass is 10.2. The number of hydrazine groups is 1. The van der Waals surface area contributed by atoms with E-state index in [0.717, 1.165) is 10.9 Å². The highest BCUT2D eigenvalue weighted by Gasteiger charge is 2.32. The number of carbonyl (C=O) groups is 2. The maximum atomic E-state index is 12.3. The molecule has 2 amide bonds. The topological polar surface area (TPSA) is 49.9 Å². The fourth-order valence-electron chi connectivity index (χ4n) is 1.95. The van der Waals surface area contributed by atoms with Crippen LogP contribution in [0.15, 0.2) is 28.7 Å². The van der Waals surface area contributed by atoms with Crippen molar-refractivity contribution in [3.63, 3.8) is 0 Å². The minimum absolute atomic E-state index is 0.182. The van der Waals surface area contributed by atoms with Gasteiger partial charge in [0, 0.05) is 23.1 Å². The largest absolute Gasteiger partial charge is 0.448 e. The summed E-state index contributed by atoms with van der Waals surface area (Å²) in [5.41, 5.74) is 0.555. The van der Waals surface area contributed by atoms with E-state index in [9.17, 15) is 9.59 Å². The van der Waals surface area contributed by atoms with Crippen LogP contribution in [0.4, 0.5) is 4.79 Å². The minimum atomic E-state index is -0.467. The van der Waals surface area contributed by atoms with Gasteiger partial charge in [0.25, 0.3) is 5.91 Å². The Labute approximate surface area is 120 Å². The van der Waals surface area contributed by atoms with E-state index in [-0.39, 0.29) is 5.91 Å². The Bertz CT molecular complexity index is 475. The molecule has 0 atom stereocenters. The van der Waals surface area contributed by atoms with Gasteiger partial charge in [-0.2, -0.15) is 0 Å². The third kappa shape index (κ3) is 3.07. The van der Waals surface area contributed by atoms with Gasteiger partial charge in [-0.05, 0) is 37.6 Å². The maximum absolute atomic E-state index is 12.3. The molecule has 2 rings (SSSR count). The van der Waals surface area contributed by atoms with Crippen LogP contribution < -0.4 is 0 Å². The molecule has 0 bridgehead atoms.